The summed E-state index contributed by atoms with van der Waals surface area (Å²) in [5.41, 5.74) is 2.46. The maximum atomic E-state index is 12.6. The summed E-state index contributed by atoms with van der Waals surface area (Å²) >= 11 is 1.38. The van der Waals surface area contributed by atoms with E-state index in [4.69, 9.17) is 4.74 Å². The summed E-state index contributed by atoms with van der Waals surface area (Å²) in [4.78, 5) is 30.0. The molecule has 7 heteroatoms. The number of aromatic nitrogens is 2. The Morgan fingerprint density at radius 2 is 2.12 bits per heavy atom. The fraction of sp³-hybridized carbons (Fsp3) is 0.278. The first-order valence-corrected chi connectivity index (χ1v) is 8.90. The fourth-order valence-electron chi connectivity index (χ4n) is 2.43. The second kappa shape index (κ2) is 7.06. The van der Waals surface area contributed by atoms with E-state index in [-0.39, 0.29) is 12.5 Å². The van der Waals surface area contributed by atoms with E-state index in [1.165, 1.54) is 11.3 Å². The summed E-state index contributed by atoms with van der Waals surface area (Å²) in [6, 6.07) is 5.62. The Morgan fingerprint density at radius 3 is 2.84 bits per heavy atom. The molecule has 0 saturated carbocycles. The molecule has 0 bridgehead atoms. The predicted molar refractivity (Wildman–Crippen MR) is 97.5 cm³/mol. The minimum absolute atomic E-state index is 0.287. The van der Waals surface area contributed by atoms with Crippen molar-refractivity contribution in [3.63, 3.8) is 0 Å². The number of amides is 1. The molecule has 3 heterocycles. The Balaban J connectivity index is 1.88. The summed E-state index contributed by atoms with van der Waals surface area (Å²) in [6.07, 6.45) is 4.31. The number of fused-ring (bicyclic) bond motifs is 1. The quantitative estimate of drug-likeness (QED) is 0.707. The number of ether oxygens (including phenoxy) is 1. The molecule has 0 aliphatic carbocycles. The Kier molecular flexibility index (Phi) is 4.85. The van der Waals surface area contributed by atoms with Crippen molar-refractivity contribution in [1.29, 1.82) is 0 Å². The molecule has 6 nitrogen and oxygen atoms in total. The lowest BCUT2D eigenvalue weighted by Gasteiger charge is -2.04. The minimum atomic E-state index is -0.431. The number of esters is 1. The van der Waals surface area contributed by atoms with Gasteiger partial charge < -0.3 is 14.5 Å². The maximum Gasteiger partial charge on any atom is 0.341 e. The van der Waals surface area contributed by atoms with Crippen LogP contribution in [0.25, 0.3) is 5.65 Å². The molecule has 0 fully saturated rings. The second-order valence-corrected chi connectivity index (χ2v) is 6.72. The topological polar surface area (TPSA) is 72.7 Å². The number of anilines is 1. The Hall–Kier alpha value is -2.67. The van der Waals surface area contributed by atoms with Gasteiger partial charge >= 0.3 is 5.97 Å². The van der Waals surface area contributed by atoms with Gasteiger partial charge in [0.2, 0.25) is 0 Å². The largest absolute Gasteiger partial charge is 0.462 e. The van der Waals surface area contributed by atoms with Crippen molar-refractivity contribution in [2.75, 3.05) is 11.9 Å². The second-order valence-electron chi connectivity index (χ2n) is 5.58. The Bertz CT molecular complexity index is 942. The van der Waals surface area contributed by atoms with Crippen LogP contribution in [-0.4, -0.2) is 27.9 Å². The highest BCUT2D eigenvalue weighted by molar-refractivity contribution is 7.16. The van der Waals surface area contributed by atoms with Crippen molar-refractivity contribution in [2.45, 2.75) is 27.2 Å². The van der Waals surface area contributed by atoms with Crippen LogP contribution < -0.4 is 5.32 Å². The third kappa shape index (κ3) is 3.56. The van der Waals surface area contributed by atoms with Crippen molar-refractivity contribution >= 4 is 33.9 Å². The first kappa shape index (κ1) is 17.2. The molecule has 0 atom stereocenters. The molecule has 0 aliphatic heterocycles. The van der Waals surface area contributed by atoms with Crippen molar-refractivity contribution in [3.8, 4) is 0 Å². The van der Waals surface area contributed by atoms with E-state index in [1.54, 1.807) is 23.6 Å². The minimum Gasteiger partial charge on any atom is -0.462 e. The molecule has 130 valence electrons. The van der Waals surface area contributed by atoms with Gasteiger partial charge in [-0.2, -0.15) is 0 Å². The molecule has 0 radical (unpaired) electrons. The van der Waals surface area contributed by atoms with Gasteiger partial charge in [-0.25, -0.2) is 9.78 Å². The van der Waals surface area contributed by atoms with Gasteiger partial charge in [-0.1, -0.05) is 6.92 Å². The Morgan fingerprint density at radius 1 is 1.32 bits per heavy atom. The average molecular weight is 357 g/mol. The summed E-state index contributed by atoms with van der Waals surface area (Å²) < 4.78 is 6.86. The van der Waals surface area contributed by atoms with Crippen LogP contribution >= 0.6 is 11.3 Å². The van der Waals surface area contributed by atoms with Crippen LogP contribution in [0.2, 0.25) is 0 Å². The van der Waals surface area contributed by atoms with Crippen molar-refractivity contribution in [1.82, 2.24) is 9.38 Å². The number of thiophene rings is 1. The van der Waals surface area contributed by atoms with E-state index in [0.29, 0.717) is 21.9 Å². The molecule has 3 rings (SSSR count). The fourth-order valence-corrected chi connectivity index (χ4v) is 3.41. The third-order valence-electron chi connectivity index (χ3n) is 3.70. The standard InChI is InChI=1S/C18H19N3O3S/c1-4-12-9-13(18(23)24-5-2)17(25-12)20-16(22)14-10-21-7-6-11(3)8-15(21)19-14/h6-10H,4-5H2,1-3H3,(H,20,22). The zero-order chi connectivity index (χ0) is 18.0. The van der Waals surface area contributed by atoms with Gasteiger partial charge in [0.15, 0.2) is 0 Å². The van der Waals surface area contributed by atoms with Crippen LogP contribution in [-0.2, 0) is 11.2 Å². The van der Waals surface area contributed by atoms with Crippen molar-refractivity contribution < 1.29 is 14.3 Å². The van der Waals surface area contributed by atoms with E-state index in [1.807, 2.05) is 32.2 Å². The lowest BCUT2D eigenvalue weighted by molar-refractivity contribution is 0.0528. The number of hydrogen-bond donors (Lipinski definition) is 1. The zero-order valence-corrected chi connectivity index (χ0v) is 15.1. The molecule has 0 aromatic carbocycles. The Labute approximate surface area is 149 Å². The van der Waals surface area contributed by atoms with Gasteiger partial charge in [-0.15, -0.1) is 11.3 Å². The molecule has 0 aliphatic rings. The van der Waals surface area contributed by atoms with Crippen LogP contribution in [0.3, 0.4) is 0 Å². The number of pyridine rings is 1. The highest BCUT2D eigenvalue weighted by Crippen LogP contribution is 2.29. The average Bonchev–Trinajstić information content (AvgIpc) is 3.18. The van der Waals surface area contributed by atoms with Gasteiger partial charge in [-0.05, 0) is 44.0 Å². The van der Waals surface area contributed by atoms with E-state index in [9.17, 15) is 9.59 Å². The van der Waals surface area contributed by atoms with Crippen LogP contribution in [0, 0.1) is 6.92 Å². The lowest BCUT2D eigenvalue weighted by atomic mass is 10.2. The monoisotopic (exact) mass is 357 g/mol. The normalized spacial score (nSPS) is 10.8. The van der Waals surface area contributed by atoms with Gasteiger partial charge in [0.05, 0.1) is 12.2 Å². The molecule has 0 unspecified atom stereocenters. The zero-order valence-electron chi connectivity index (χ0n) is 14.3. The highest BCUT2D eigenvalue weighted by atomic mass is 32.1. The number of imidazole rings is 1. The van der Waals surface area contributed by atoms with Crippen LogP contribution in [0.5, 0.6) is 0 Å². The maximum absolute atomic E-state index is 12.6. The van der Waals surface area contributed by atoms with Crippen molar-refractivity contribution in [3.05, 3.63) is 52.3 Å². The lowest BCUT2D eigenvalue weighted by Crippen LogP contribution is -2.14. The molecule has 25 heavy (non-hydrogen) atoms. The number of hydrogen-bond acceptors (Lipinski definition) is 5. The van der Waals surface area contributed by atoms with Crippen LogP contribution in [0.15, 0.2) is 30.6 Å². The number of rotatable bonds is 5. The number of carbonyl (C=O) groups is 2. The molecular weight excluding hydrogens is 338 g/mol. The van der Waals surface area contributed by atoms with Gasteiger partial charge in [0.1, 0.15) is 16.3 Å². The van der Waals surface area contributed by atoms with E-state index in [2.05, 4.69) is 10.3 Å². The van der Waals surface area contributed by atoms with E-state index < -0.39 is 5.97 Å². The molecule has 3 aromatic heterocycles. The van der Waals surface area contributed by atoms with Gasteiger partial charge in [0, 0.05) is 17.3 Å². The number of nitrogens with one attached hydrogen (secondary N) is 1. The van der Waals surface area contributed by atoms with Crippen LogP contribution in [0.4, 0.5) is 5.00 Å². The number of carbonyl (C=O) groups excluding carboxylic acids is 2. The smallest absolute Gasteiger partial charge is 0.341 e. The van der Waals surface area contributed by atoms with Crippen molar-refractivity contribution in [2.24, 2.45) is 0 Å². The van der Waals surface area contributed by atoms with E-state index in [0.717, 1.165) is 16.9 Å². The first-order valence-electron chi connectivity index (χ1n) is 8.08. The molecule has 1 amide bonds. The molecule has 0 spiro atoms. The third-order valence-corrected chi connectivity index (χ3v) is 4.90. The molecule has 0 saturated heterocycles. The molecular formula is C18H19N3O3S. The summed E-state index contributed by atoms with van der Waals surface area (Å²) in [7, 11) is 0. The molecule has 1 N–H and O–H groups in total. The number of aryl methyl sites for hydroxylation is 2. The SMILES string of the molecule is CCOC(=O)c1cc(CC)sc1NC(=O)c1cn2ccc(C)cc2n1. The summed E-state index contributed by atoms with van der Waals surface area (Å²) in [5.74, 6) is -0.782. The molecule has 3 aromatic rings. The summed E-state index contributed by atoms with van der Waals surface area (Å²) in [5, 5.41) is 3.29. The van der Waals surface area contributed by atoms with E-state index >= 15 is 0 Å². The van der Waals surface area contributed by atoms with Gasteiger partial charge in [0.25, 0.3) is 5.91 Å². The van der Waals surface area contributed by atoms with Gasteiger partial charge in [-0.3, -0.25) is 4.79 Å². The number of nitrogens with zero attached hydrogens (tertiary/aromatic N) is 2. The summed E-state index contributed by atoms with van der Waals surface area (Å²) in [6.45, 7) is 6.01. The predicted octanol–water partition coefficient (Wildman–Crippen LogP) is 3.70. The highest BCUT2D eigenvalue weighted by Gasteiger charge is 2.20. The van der Waals surface area contributed by atoms with Crippen LogP contribution in [0.1, 0.15) is 45.1 Å². The first-order chi connectivity index (χ1) is 12.0.